The Labute approximate surface area is 69.3 Å². The highest BCUT2D eigenvalue weighted by molar-refractivity contribution is 4.42. The van der Waals surface area contributed by atoms with Gasteiger partial charge < -0.3 is 9.47 Å². The molecule has 0 spiro atoms. The van der Waals surface area contributed by atoms with Crippen molar-refractivity contribution in [3.63, 3.8) is 0 Å². The number of ether oxygens (including phenoxy) is 2. The maximum Gasteiger partial charge on any atom is 0.0988 e. The second-order valence-corrected chi connectivity index (χ2v) is 2.40. The maximum absolute atomic E-state index is 5.20. The van der Waals surface area contributed by atoms with Crippen molar-refractivity contribution >= 4 is 0 Å². The molecule has 0 aromatic rings. The number of nitrogens with zero attached hydrogens (tertiary/aromatic N) is 1. The SMILES string of the molecule is CCOCCN(C)COCC. The van der Waals surface area contributed by atoms with E-state index in [1.807, 2.05) is 20.9 Å². The van der Waals surface area contributed by atoms with Crippen LogP contribution in [0, 0.1) is 0 Å². The molecule has 0 rings (SSSR count). The van der Waals surface area contributed by atoms with Crippen molar-refractivity contribution in [3.8, 4) is 0 Å². The van der Waals surface area contributed by atoms with Gasteiger partial charge in [-0.3, -0.25) is 4.90 Å². The van der Waals surface area contributed by atoms with Crippen LogP contribution in [0.1, 0.15) is 13.8 Å². The van der Waals surface area contributed by atoms with Crippen LogP contribution < -0.4 is 0 Å². The molecule has 0 aromatic heterocycles. The summed E-state index contributed by atoms with van der Waals surface area (Å²) in [7, 11) is 2.02. The zero-order valence-electron chi connectivity index (χ0n) is 7.80. The van der Waals surface area contributed by atoms with E-state index in [1.54, 1.807) is 0 Å². The monoisotopic (exact) mass is 161 g/mol. The molecule has 0 saturated carbocycles. The van der Waals surface area contributed by atoms with Crippen LogP contribution in [0.15, 0.2) is 0 Å². The van der Waals surface area contributed by atoms with Gasteiger partial charge in [-0.05, 0) is 20.9 Å². The molecular weight excluding hydrogens is 142 g/mol. The van der Waals surface area contributed by atoms with E-state index in [1.165, 1.54) is 0 Å². The molecule has 0 aliphatic rings. The van der Waals surface area contributed by atoms with Crippen molar-refractivity contribution in [3.05, 3.63) is 0 Å². The average Bonchev–Trinajstić information content (AvgIpc) is 2.01. The molecule has 0 aliphatic carbocycles. The summed E-state index contributed by atoms with van der Waals surface area (Å²) in [4.78, 5) is 2.10. The van der Waals surface area contributed by atoms with E-state index in [-0.39, 0.29) is 0 Å². The second-order valence-electron chi connectivity index (χ2n) is 2.40. The fourth-order valence-electron chi connectivity index (χ4n) is 0.676. The zero-order valence-corrected chi connectivity index (χ0v) is 7.80. The summed E-state index contributed by atoms with van der Waals surface area (Å²) in [6.07, 6.45) is 0. The molecule has 11 heavy (non-hydrogen) atoms. The van der Waals surface area contributed by atoms with Crippen LogP contribution in [-0.4, -0.2) is 45.0 Å². The Hall–Kier alpha value is -0.120. The lowest BCUT2D eigenvalue weighted by molar-refractivity contribution is 0.0312. The van der Waals surface area contributed by atoms with E-state index in [9.17, 15) is 0 Å². The summed E-state index contributed by atoms with van der Waals surface area (Å²) in [5, 5.41) is 0. The van der Waals surface area contributed by atoms with Gasteiger partial charge in [-0.1, -0.05) is 0 Å². The van der Waals surface area contributed by atoms with Gasteiger partial charge >= 0.3 is 0 Å². The van der Waals surface area contributed by atoms with E-state index in [0.29, 0.717) is 6.73 Å². The van der Waals surface area contributed by atoms with Crippen LogP contribution in [0.25, 0.3) is 0 Å². The largest absolute Gasteiger partial charge is 0.380 e. The van der Waals surface area contributed by atoms with E-state index in [0.717, 1.165) is 26.4 Å². The molecule has 0 heterocycles. The van der Waals surface area contributed by atoms with Gasteiger partial charge in [-0.25, -0.2) is 0 Å². The summed E-state index contributed by atoms with van der Waals surface area (Å²) < 4.78 is 10.4. The second kappa shape index (κ2) is 7.98. The van der Waals surface area contributed by atoms with E-state index in [2.05, 4.69) is 4.90 Å². The van der Waals surface area contributed by atoms with Crippen molar-refractivity contribution < 1.29 is 9.47 Å². The standard InChI is InChI=1S/C8H19NO2/c1-4-10-7-6-9(3)8-11-5-2/h4-8H2,1-3H3. The van der Waals surface area contributed by atoms with Crippen LogP contribution in [0.2, 0.25) is 0 Å². The van der Waals surface area contributed by atoms with Gasteiger partial charge in [0.05, 0.1) is 13.3 Å². The molecule has 3 nitrogen and oxygen atoms in total. The van der Waals surface area contributed by atoms with Gasteiger partial charge in [0.2, 0.25) is 0 Å². The Morgan fingerprint density at radius 1 is 1.09 bits per heavy atom. The summed E-state index contributed by atoms with van der Waals surface area (Å²) >= 11 is 0. The first kappa shape index (κ1) is 10.9. The molecule has 3 heteroatoms. The molecular formula is C8H19NO2. The van der Waals surface area contributed by atoms with E-state index in [4.69, 9.17) is 9.47 Å². The fraction of sp³-hybridized carbons (Fsp3) is 1.00. The molecule has 0 fully saturated rings. The third kappa shape index (κ3) is 7.78. The Bertz CT molecular complexity index is 78.5. The Morgan fingerprint density at radius 2 is 1.73 bits per heavy atom. The highest BCUT2D eigenvalue weighted by atomic mass is 16.5. The number of rotatable bonds is 7. The summed E-state index contributed by atoms with van der Waals surface area (Å²) in [5.41, 5.74) is 0. The third-order valence-corrected chi connectivity index (χ3v) is 1.34. The summed E-state index contributed by atoms with van der Waals surface area (Å²) in [5.74, 6) is 0. The molecule has 0 amide bonds. The van der Waals surface area contributed by atoms with Crippen molar-refractivity contribution in [2.24, 2.45) is 0 Å². The maximum atomic E-state index is 5.20. The third-order valence-electron chi connectivity index (χ3n) is 1.34. The van der Waals surface area contributed by atoms with Gasteiger partial charge in [-0.2, -0.15) is 0 Å². The highest BCUT2D eigenvalue weighted by Gasteiger charge is 1.95. The normalized spacial score (nSPS) is 10.9. The summed E-state index contributed by atoms with van der Waals surface area (Å²) in [6.45, 7) is 8.00. The van der Waals surface area contributed by atoms with Crippen LogP contribution >= 0.6 is 0 Å². The quantitative estimate of drug-likeness (QED) is 0.410. The smallest absolute Gasteiger partial charge is 0.0988 e. The first-order chi connectivity index (χ1) is 5.31. The minimum Gasteiger partial charge on any atom is -0.380 e. The van der Waals surface area contributed by atoms with Gasteiger partial charge in [0.25, 0.3) is 0 Å². The highest BCUT2D eigenvalue weighted by Crippen LogP contribution is 1.84. The van der Waals surface area contributed by atoms with E-state index < -0.39 is 0 Å². The first-order valence-electron chi connectivity index (χ1n) is 4.15. The van der Waals surface area contributed by atoms with Crippen molar-refractivity contribution in [1.82, 2.24) is 4.90 Å². The van der Waals surface area contributed by atoms with Crippen molar-refractivity contribution in [1.29, 1.82) is 0 Å². The van der Waals surface area contributed by atoms with Crippen LogP contribution in [0.5, 0.6) is 0 Å². The lowest BCUT2D eigenvalue weighted by atomic mass is 10.6. The molecule has 0 aromatic carbocycles. The minimum absolute atomic E-state index is 0.698. The van der Waals surface area contributed by atoms with Crippen molar-refractivity contribution in [2.45, 2.75) is 13.8 Å². The van der Waals surface area contributed by atoms with E-state index >= 15 is 0 Å². The molecule has 0 radical (unpaired) electrons. The number of likely N-dealkylation sites (N-methyl/N-ethyl adjacent to an activating group) is 1. The van der Waals surface area contributed by atoms with Crippen LogP contribution in [-0.2, 0) is 9.47 Å². The van der Waals surface area contributed by atoms with Crippen molar-refractivity contribution in [2.75, 3.05) is 40.1 Å². The molecule has 0 atom stereocenters. The molecule has 68 valence electrons. The Kier molecular flexibility index (Phi) is 7.89. The Balaban J connectivity index is 3.02. The van der Waals surface area contributed by atoms with Crippen LogP contribution in [0.3, 0.4) is 0 Å². The number of hydrogen-bond donors (Lipinski definition) is 0. The Morgan fingerprint density at radius 3 is 2.27 bits per heavy atom. The molecule has 0 N–H and O–H groups in total. The zero-order chi connectivity index (χ0) is 8.53. The topological polar surface area (TPSA) is 21.7 Å². The molecule has 0 saturated heterocycles. The first-order valence-corrected chi connectivity index (χ1v) is 4.15. The van der Waals surface area contributed by atoms with Gasteiger partial charge in [0.1, 0.15) is 0 Å². The van der Waals surface area contributed by atoms with Gasteiger partial charge in [0.15, 0.2) is 0 Å². The predicted molar refractivity (Wildman–Crippen MR) is 45.6 cm³/mol. The molecule has 0 unspecified atom stereocenters. The molecule has 0 bridgehead atoms. The minimum atomic E-state index is 0.698. The predicted octanol–water partition coefficient (Wildman–Crippen LogP) is 0.949. The lowest BCUT2D eigenvalue weighted by Gasteiger charge is -2.15. The van der Waals surface area contributed by atoms with Gasteiger partial charge in [-0.15, -0.1) is 0 Å². The lowest BCUT2D eigenvalue weighted by Crippen LogP contribution is -2.25. The van der Waals surface area contributed by atoms with Crippen LogP contribution in [0.4, 0.5) is 0 Å². The van der Waals surface area contributed by atoms with Gasteiger partial charge in [0, 0.05) is 19.8 Å². The average molecular weight is 161 g/mol. The molecule has 0 aliphatic heterocycles. The number of hydrogen-bond acceptors (Lipinski definition) is 3. The fourth-order valence-corrected chi connectivity index (χ4v) is 0.676. The summed E-state index contributed by atoms with van der Waals surface area (Å²) in [6, 6.07) is 0.